The van der Waals surface area contributed by atoms with Gasteiger partial charge >= 0.3 is 0 Å². The molecular formula is C23H24N4O2. The maximum atomic E-state index is 13.1. The first-order valence-corrected chi connectivity index (χ1v) is 10.1. The van der Waals surface area contributed by atoms with Gasteiger partial charge in [0, 0.05) is 12.3 Å². The highest BCUT2D eigenvalue weighted by Crippen LogP contribution is 2.19. The van der Waals surface area contributed by atoms with E-state index in [1.165, 1.54) is 40.6 Å². The van der Waals surface area contributed by atoms with Gasteiger partial charge in [0.05, 0.1) is 12.6 Å². The van der Waals surface area contributed by atoms with Crippen LogP contribution in [0.5, 0.6) is 0 Å². The summed E-state index contributed by atoms with van der Waals surface area (Å²) in [5.41, 5.74) is 1.56. The van der Waals surface area contributed by atoms with Crippen LogP contribution in [0, 0.1) is 0 Å². The summed E-state index contributed by atoms with van der Waals surface area (Å²) in [6.45, 7) is 0.319. The van der Waals surface area contributed by atoms with Crippen molar-refractivity contribution in [3.63, 3.8) is 0 Å². The van der Waals surface area contributed by atoms with Crippen LogP contribution in [0.2, 0.25) is 0 Å². The predicted molar refractivity (Wildman–Crippen MR) is 111 cm³/mol. The van der Waals surface area contributed by atoms with Crippen molar-refractivity contribution in [1.82, 2.24) is 14.3 Å². The van der Waals surface area contributed by atoms with Gasteiger partial charge < -0.3 is 0 Å². The topological polar surface area (TPSA) is 69.2 Å². The number of pyridine rings is 1. The fraction of sp³-hybridized carbons (Fsp3) is 0.304. The average Bonchev–Trinajstić information content (AvgIpc) is 2.77. The van der Waals surface area contributed by atoms with Crippen LogP contribution in [0.4, 0.5) is 0 Å². The molecule has 1 aliphatic carbocycles. The number of nitrogens with zero attached hydrogens (tertiary/aromatic N) is 4. The highest BCUT2D eigenvalue weighted by molar-refractivity contribution is 5.93. The van der Waals surface area contributed by atoms with Gasteiger partial charge in [-0.1, -0.05) is 55.7 Å². The Morgan fingerprint density at radius 2 is 1.72 bits per heavy atom. The number of aromatic nitrogens is 3. The Labute approximate surface area is 169 Å². The molecule has 2 heterocycles. The molecule has 0 radical (unpaired) electrons. The van der Waals surface area contributed by atoms with E-state index in [1.807, 2.05) is 42.5 Å². The lowest BCUT2D eigenvalue weighted by molar-refractivity contribution is 0.0947. The summed E-state index contributed by atoms with van der Waals surface area (Å²) in [6.07, 6.45) is 7.44. The summed E-state index contributed by atoms with van der Waals surface area (Å²) in [6, 6.07) is 18.3. The third kappa shape index (κ3) is 4.59. The van der Waals surface area contributed by atoms with E-state index in [2.05, 4.69) is 5.10 Å². The summed E-state index contributed by atoms with van der Waals surface area (Å²) in [5, 5.41) is 4.32. The fourth-order valence-electron chi connectivity index (χ4n) is 3.66. The molecule has 2 aromatic heterocycles. The summed E-state index contributed by atoms with van der Waals surface area (Å²) in [4.78, 5) is 30.2. The van der Waals surface area contributed by atoms with Gasteiger partial charge in [-0.15, -0.1) is 0 Å². The number of carbonyl (C=O) groups excluding carboxylic acids is 1. The van der Waals surface area contributed by atoms with Crippen LogP contribution < -0.4 is 11.0 Å². The maximum Gasteiger partial charge on any atom is 0.283 e. The second kappa shape index (κ2) is 8.82. The summed E-state index contributed by atoms with van der Waals surface area (Å²) < 4.78 is 2.85. The Morgan fingerprint density at radius 1 is 0.966 bits per heavy atom. The number of hydrogen-bond acceptors (Lipinski definition) is 4. The van der Waals surface area contributed by atoms with E-state index in [1.54, 1.807) is 12.3 Å². The van der Waals surface area contributed by atoms with Crippen LogP contribution in [0.15, 0.2) is 76.6 Å². The zero-order valence-electron chi connectivity index (χ0n) is 16.3. The van der Waals surface area contributed by atoms with Crippen molar-refractivity contribution in [2.45, 2.75) is 44.7 Å². The van der Waals surface area contributed by atoms with Crippen molar-refractivity contribution in [3.05, 3.63) is 94.0 Å². The highest BCUT2D eigenvalue weighted by Gasteiger charge is 2.15. The van der Waals surface area contributed by atoms with Crippen molar-refractivity contribution in [2.75, 3.05) is 0 Å². The SMILES string of the molecule is O=C(c1ccc(=O)n(Cc2ccccc2)n1)n1ccccc1=NC1CCCCC1. The van der Waals surface area contributed by atoms with Crippen LogP contribution in [-0.4, -0.2) is 26.3 Å². The Hall–Kier alpha value is -3.28. The van der Waals surface area contributed by atoms with Crippen LogP contribution >= 0.6 is 0 Å². The zero-order valence-corrected chi connectivity index (χ0v) is 16.3. The van der Waals surface area contributed by atoms with Crippen LogP contribution in [0.3, 0.4) is 0 Å². The first-order valence-electron chi connectivity index (χ1n) is 10.1. The monoisotopic (exact) mass is 388 g/mol. The molecule has 148 valence electrons. The lowest BCUT2D eigenvalue weighted by atomic mass is 9.96. The van der Waals surface area contributed by atoms with Gasteiger partial charge in [-0.3, -0.25) is 19.1 Å². The quantitative estimate of drug-likeness (QED) is 0.690. The Bertz CT molecular complexity index is 1110. The lowest BCUT2D eigenvalue weighted by Gasteiger charge is -2.17. The molecule has 0 atom stereocenters. The first-order chi connectivity index (χ1) is 14.2. The normalized spacial score (nSPS) is 15.4. The van der Waals surface area contributed by atoms with Crippen LogP contribution in [0.1, 0.15) is 48.2 Å². The fourth-order valence-corrected chi connectivity index (χ4v) is 3.66. The summed E-state index contributed by atoms with van der Waals surface area (Å²) in [5.74, 6) is -0.290. The van der Waals surface area contributed by atoms with Crippen LogP contribution in [0.25, 0.3) is 0 Å². The lowest BCUT2D eigenvalue weighted by Crippen LogP contribution is -2.32. The molecule has 0 bridgehead atoms. The van der Waals surface area contributed by atoms with Crippen LogP contribution in [-0.2, 0) is 6.54 Å². The number of benzene rings is 1. The number of rotatable bonds is 4. The Balaban J connectivity index is 1.66. The van der Waals surface area contributed by atoms with E-state index in [9.17, 15) is 9.59 Å². The Morgan fingerprint density at radius 3 is 2.52 bits per heavy atom. The van der Waals surface area contributed by atoms with E-state index < -0.39 is 0 Å². The molecule has 0 amide bonds. The molecule has 1 aliphatic rings. The molecule has 6 heteroatoms. The van der Waals surface area contributed by atoms with Gasteiger partial charge in [0.25, 0.3) is 11.5 Å². The van der Waals surface area contributed by atoms with Crippen molar-refractivity contribution in [1.29, 1.82) is 0 Å². The van der Waals surface area contributed by atoms with Gasteiger partial charge in [0.1, 0.15) is 11.2 Å². The van der Waals surface area contributed by atoms with Crippen molar-refractivity contribution < 1.29 is 4.79 Å². The minimum atomic E-state index is -0.290. The smallest absolute Gasteiger partial charge is 0.268 e. The van der Waals surface area contributed by atoms with Crippen molar-refractivity contribution >= 4 is 5.91 Å². The minimum absolute atomic E-state index is 0.219. The van der Waals surface area contributed by atoms with Gasteiger partial charge in [-0.2, -0.15) is 5.10 Å². The third-order valence-corrected chi connectivity index (χ3v) is 5.21. The van der Waals surface area contributed by atoms with Crippen molar-refractivity contribution in [3.8, 4) is 0 Å². The van der Waals surface area contributed by atoms with Gasteiger partial charge in [-0.25, -0.2) is 4.68 Å². The third-order valence-electron chi connectivity index (χ3n) is 5.21. The number of carbonyl (C=O) groups is 1. The molecule has 0 saturated heterocycles. The second-order valence-corrected chi connectivity index (χ2v) is 7.35. The number of hydrogen-bond donors (Lipinski definition) is 0. The molecule has 1 fully saturated rings. The van der Waals surface area contributed by atoms with E-state index in [0.29, 0.717) is 12.0 Å². The van der Waals surface area contributed by atoms with E-state index in [0.717, 1.165) is 18.4 Å². The summed E-state index contributed by atoms with van der Waals surface area (Å²) >= 11 is 0. The first kappa shape index (κ1) is 19.1. The molecule has 3 aromatic rings. The molecule has 29 heavy (non-hydrogen) atoms. The zero-order chi connectivity index (χ0) is 20.1. The molecule has 0 N–H and O–H groups in total. The molecule has 1 saturated carbocycles. The predicted octanol–water partition coefficient (Wildman–Crippen LogP) is 3.02. The minimum Gasteiger partial charge on any atom is -0.268 e. The van der Waals surface area contributed by atoms with E-state index in [-0.39, 0.29) is 23.2 Å². The Kier molecular flexibility index (Phi) is 5.79. The average molecular weight is 388 g/mol. The standard InChI is InChI=1S/C23H24N4O2/c28-22-15-14-20(25-27(22)17-18-9-3-1-4-10-18)23(29)26-16-8-7-13-21(26)24-19-11-5-2-6-12-19/h1,3-4,7-10,13-16,19H,2,5-6,11-12,17H2. The van der Waals surface area contributed by atoms with E-state index >= 15 is 0 Å². The van der Waals surface area contributed by atoms with E-state index in [4.69, 9.17) is 4.99 Å². The molecular weight excluding hydrogens is 364 g/mol. The van der Waals surface area contributed by atoms with Crippen molar-refractivity contribution in [2.24, 2.45) is 4.99 Å². The molecule has 0 spiro atoms. The summed E-state index contributed by atoms with van der Waals surface area (Å²) in [7, 11) is 0. The highest BCUT2D eigenvalue weighted by atomic mass is 16.2. The molecule has 1 aromatic carbocycles. The van der Waals surface area contributed by atoms with Gasteiger partial charge in [-0.05, 0) is 36.6 Å². The van der Waals surface area contributed by atoms with Gasteiger partial charge in [0.2, 0.25) is 0 Å². The maximum absolute atomic E-state index is 13.1. The second-order valence-electron chi connectivity index (χ2n) is 7.35. The largest absolute Gasteiger partial charge is 0.283 e. The van der Waals surface area contributed by atoms with Gasteiger partial charge in [0.15, 0.2) is 0 Å². The molecule has 4 rings (SSSR count). The molecule has 0 unspecified atom stereocenters. The molecule has 0 aliphatic heterocycles. The molecule has 6 nitrogen and oxygen atoms in total.